The molecule has 0 saturated heterocycles. The van der Waals surface area contributed by atoms with E-state index >= 15 is 0 Å². The molecule has 0 rings (SSSR count). The molecule has 0 aromatic rings. The molecule has 88 valence electrons. The van der Waals surface area contributed by atoms with E-state index in [1.807, 2.05) is 0 Å². The number of carbonyl (C=O) groups is 2. The Morgan fingerprint density at radius 2 is 1.67 bits per heavy atom. The molecular weight excluding hydrogens is 225 g/mol. The highest BCUT2D eigenvalue weighted by Gasteiger charge is 2.39. The number of hydrogen-bond donors (Lipinski definition) is 4. The molecule has 0 spiro atoms. The van der Waals surface area contributed by atoms with E-state index < -0.39 is 30.7 Å². The minimum absolute atomic E-state index is 0.738. The highest BCUT2D eigenvalue weighted by Crippen LogP contribution is 2.40. The summed E-state index contributed by atoms with van der Waals surface area (Å²) in [7, 11) is -4.89. The van der Waals surface area contributed by atoms with Gasteiger partial charge in [-0.1, -0.05) is 20.8 Å². The van der Waals surface area contributed by atoms with Gasteiger partial charge >= 0.3 is 13.6 Å². The van der Waals surface area contributed by atoms with E-state index in [0.717, 1.165) is 0 Å². The number of aliphatic carboxylic acids is 1. The SMILES string of the molecule is CC(C)(C)C(=O)NC(C(=O)O)P(=O)(O)O. The molecule has 0 aromatic heterocycles. The monoisotopic (exact) mass is 239 g/mol. The van der Waals surface area contributed by atoms with Crippen molar-refractivity contribution in [1.29, 1.82) is 0 Å². The zero-order valence-corrected chi connectivity index (χ0v) is 9.49. The number of hydrogen-bond acceptors (Lipinski definition) is 3. The van der Waals surface area contributed by atoms with E-state index in [1.165, 1.54) is 20.8 Å². The predicted octanol–water partition coefficient (Wildman–Crippen LogP) is -0.263. The lowest BCUT2D eigenvalue weighted by Crippen LogP contribution is -2.45. The van der Waals surface area contributed by atoms with Crippen molar-refractivity contribution in [2.75, 3.05) is 0 Å². The van der Waals surface area contributed by atoms with Crippen LogP contribution < -0.4 is 5.32 Å². The third kappa shape index (κ3) is 4.42. The van der Waals surface area contributed by atoms with Crippen LogP contribution in [0.3, 0.4) is 0 Å². The molecule has 4 N–H and O–H groups in total. The van der Waals surface area contributed by atoms with Gasteiger partial charge in [-0.2, -0.15) is 0 Å². The van der Waals surface area contributed by atoms with Crippen LogP contribution in [0.1, 0.15) is 20.8 Å². The summed E-state index contributed by atoms with van der Waals surface area (Å²) in [5.41, 5.74) is -0.914. The lowest BCUT2D eigenvalue weighted by Gasteiger charge is -2.22. The second kappa shape index (κ2) is 4.30. The first kappa shape index (κ1) is 14.1. The molecule has 0 radical (unpaired) electrons. The standard InChI is InChI=1S/C7H14NO6P/c1-7(2,3)6(11)8-4(5(9)10)15(12,13)14/h4H,1-3H3,(H,8,11)(H,9,10)(H2,12,13,14). The van der Waals surface area contributed by atoms with E-state index in [9.17, 15) is 14.2 Å². The molecule has 7 nitrogen and oxygen atoms in total. The fraction of sp³-hybridized carbons (Fsp3) is 0.714. The van der Waals surface area contributed by atoms with Gasteiger partial charge in [0.05, 0.1) is 0 Å². The van der Waals surface area contributed by atoms with Gasteiger partial charge in [0.25, 0.3) is 0 Å². The van der Waals surface area contributed by atoms with Crippen LogP contribution >= 0.6 is 7.60 Å². The van der Waals surface area contributed by atoms with Gasteiger partial charge in [-0.25, -0.2) is 4.79 Å². The van der Waals surface area contributed by atoms with Crippen molar-refractivity contribution in [3.05, 3.63) is 0 Å². The minimum Gasteiger partial charge on any atom is -0.479 e. The van der Waals surface area contributed by atoms with Crippen LogP contribution in [-0.2, 0) is 14.2 Å². The molecule has 0 heterocycles. The molecule has 0 aliphatic heterocycles. The molecular formula is C7H14NO6P. The van der Waals surface area contributed by atoms with Crippen LogP contribution in [-0.4, -0.2) is 32.6 Å². The quantitative estimate of drug-likeness (QED) is 0.503. The number of amides is 1. The Bertz CT molecular complexity index is 314. The van der Waals surface area contributed by atoms with Gasteiger partial charge in [0.1, 0.15) is 0 Å². The third-order valence-corrected chi connectivity index (χ3v) is 2.54. The summed E-state index contributed by atoms with van der Waals surface area (Å²) < 4.78 is 10.7. The van der Waals surface area contributed by atoms with Crippen molar-refractivity contribution in [3.63, 3.8) is 0 Å². The van der Waals surface area contributed by atoms with Crippen molar-refractivity contribution in [2.24, 2.45) is 5.41 Å². The van der Waals surface area contributed by atoms with E-state index in [0.29, 0.717) is 0 Å². The third-order valence-electron chi connectivity index (χ3n) is 1.52. The Labute approximate surface area is 86.6 Å². The normalized spacial score (nSPS) is 14.5. The van der Waals surface area contributed by atoms with Crippen LogP contribution in [0, 0.1) is 5.41 Å². The van der Waals surface area contributed by atoms with Gasteiger partial charge in [0.2, 0.25) is 11.7 Å². The average Bonchev–Trinajstić information content (AvgIpc) is 1.94. The second-order valence-electron chi connectivity index (χ2n) is 4.05. The summed E-state index contributed by atoms with van der Waals surface area (Å²) in [5, 5.41) is 10.3. The topological polar surface area (TPSA) is 124 Å². The molecule has 0 saturated carbocycles. The largest absolute Gasteiger partial charge is 0.479 e. The number of carboxylic acids is 1. The summed E-state index contributed by atoms with van der Waals surface area (Å²) in [5.74, 6) is -4.69. The molecule has 1 amide bonds. The van der Waals surface area contributed by atoms with E-state index in [1.54, 1.807) is 5.32 Å². The fourth-order valence-electron chi connectivity index (χ4n) is 0.630. The van der Waals surface area contributed by atoms with Crippen LogP contribution in [0.15, 0.2) is 0 Å². The first-order valence-corrected chi connectivity index (χ1v) is 5.73. The number of carbonyl (C=O) groups excluding carboxylic acids is 1. The summed E-state index contributed by atoms with van der Waals surface area (Å²) in [6.45, 7) is 4.50. The lowest BCUT2D eigenvalue weighted by molar-refractivity contribution is -0.141. The van der Waals surface area contributed by atoms with Gasteiger partial charge in [-0.3, -0.25) is 9.36 Å². The van der Waals surface area contributed by atoms with Crippen LogP contribution in [0.5, 0.6) is 0 Å². The van der Waals surface area contributed by atoms with Crippen molar-refractivity contribution in [1.82, 2.24) is 5.32 Å². The average molecular weight is 239 g/mol. The molecule has 0 bridgehead atoms. The summed E-state index contributed by atoms with van der Waals surface area (Å²) in [4.78, 5) is 39.2. The van der Waals surface area contributed by atoms with E-state index in [4.69, 9.17) is 14.9 Å². The molecule has 0 fully saturated rings. The summed E-state index contributed by atoms with van der Waals surface area (Å²) in [6, 6.07) is 0. The summed E-state index contributed by atoms with van der Waals surface area (Å²) >= 11 is 0. The van der Waals surface area contributed by atoms with Gasteiger partial charge in [0.15, 0.2) is 0 Å². The molecule has 15 heavy (non-hydrogen) atoms. The smallest absolute Gasteiger partial charge is 0.359 e. The highest BCUT2D eigenvalue weighted by atomic mass is 31.2. The minimum atomic E-state index is -4.89. The van der Waals surface area contributed by atoms with E-state index in [-0.39, 0.29) is 0 Å². The molecule has 1 unspecified atom stereocenters. The number of nitrogens with one attached hydrogen (secondary N) is 1. The zero-order chi connectivity index (χ0) is 12.4. The Balaban J connectivity index is 4.82. The van der Waals surface area contributed by atoms with Crippen LogP contribution in [0.25, 0.3) is 0 Å². The Morgan fingerprint density at radius 1 is 1.27 bits per heavy atom. The van der Waals surface area contributed by atoms with Gasteiger partial charge in [-0.05, 0) is 0 Å². The Kier molecular flexibility index (Phi) is 4.04. The first-order valence-electron chi connectivity index (χ1n) is 4.05. The van der Waals surface area contributed by atoms with Crippen molar-refractivity contribution in [2.45, 2.75) is 26.6 Å². The van der Waals surface area contributed by atoms with Crippen molar-refractivity contribution >= 4 is 19.5 Å². The van der Waals surface area contributed by atoms with Gasteiger partial charge in [0, 0.05) is 5.41 Å². The molecule has 0 aromatic carbocycles. The lowest BCUT2D eigenvalue weighted by atomic mass is 9.96. The van der Waals surface area contributed by atoms with Crippen LogP contribution in [0.4, 0.5) is 0 Å². The molecule has 0 aliphatic rings. The molecule has 8 heteroatoms. The van der Waals surface area contributed by atoms with Crippen molar-refractivity contribution in [3.8, 4) is 0 Å². The predicted molar refractivity (Wildman–Crippen MR) is 51.1 cm³/mol. The number of rotatable bonds is 3. The second-order valence-corrected chi connectivity index (χ2v) is 5.75. The zero-order valence-electron chi connectivity index (χ0n) is 8.59. The fourth-order valence-corrected chi connectivity index (χ4v) is 1.20. The maximum Gasteiger partial charge on any atom is 0.359 e. The maximum absolute atomic E-state index is 11.3. The highest BCUT2D eigenvalue weighted by molar-refractivity contribution is 7.53. The summed E-state index contributed by atoms with van der Waals surface area (Å²) in [6.07, 6.45) is 0. The Morgan fingerprint density at radius 3 is 1.87 bits per heavy atom. The molecule has 1 atom stereocenters. The number of carboxylic acid groups (broad SMARTS) is 1. The Hall–Kier alpha value is -0.910. The van der Waals surface area contributed by atoms with Gasteiger partial charge in [-0.15, -0.1) is 0 Å². The first-order chi connectivity index (χ1) is 6.46. The van der Waals surface area contributed by atoms with Crippen molar-refractivity contribution < 1.29 is 29.0 Å². The van der Waals surface area contributed by atoms with E-state index in [2.05, 4.69) is 0 Å². The molecule has 0 aliphatic carbocycles. The van der Waals surface area contributed by atoms with Crippen LogP contribution in [0.2, 0.25) is 0 Å². The van der Waals surface area contributed by atoms with Gasteiger partial charge < -0.3 is 20.2 Å². The maximum atomic E-state index is 11.3.